The molecule has 0 bridgehead atoms. The molecule has 2 amide bonds. The first-order valence-electron chi connectivity index (χ1n) is 5.67. The second-order valence-corrected chi connectivity index (χ2v) is 5.13. The topological polar surface area (TPSA) is 91.3 Å². The van der Waals surface area contributed by atoms with E-state index < -0.39 is 17.8 Å². The normalized spacial score (nSPS) is 10.0. The lowest BCUT2D eigenvalue weighted by Gasteiger charge is -2.09. The highest BCUT2D eigenvalue weighted by atomic mass is 127. The Morgan fingerprint density at radius 2 is 1.95 bits per heavy atom. The maximum atomic E-state index is 13.0. The van der Waals surface area contributed by atoms with Crippen LogP contribution in [0.2, 0.25) is 0 Å². The quantitative estimate of drug-likeness (QED) is 0.690. The third-order valence-corrected chi connectivity index (χ3v) is 3.31. The van der Waals surface area contributed by atoms with Crippen molar-refractivity contribution in [2.45, 2.75) is 0 Å². The Hall–Kier alpha value is -2.23. The lowest BCUT2D eigenvalue weighted by molar-refractivity contribution is 0.0696. The summed E-state index contributed by atoms with van der Waals surface area (Å²) in [7, 11) is 0. The average Bonchev–Trinajstić information content (AvgIpc) is 2.42. The van der Waals surface area contributed by atoms with Gasteiger partial charge < -0.3 is 15.7 Å². The summed E-state index contributed by atoms with van der Waals surface area (Å²) in [6.07, 6.45) is 2.50. The van der Waals surface area contributed by atoms with Crippen LogP contribution in [0.1, 0.15) is 10.4 Å². The number of carboxylic acids is 1. The fraction of sp³-hybridized carbons (Fsp3) is 0. The lowest BCUT2D eigenvalue weighted by Crippen LogP contribution is -2.20. The number of rotatable bonds is 3. The van der Waals surface area contributed by atoms with Crippen molar-refractivity contribution in [1.82, 2.24) is 4.98 Å². The first-order chi connectivity index (χ1) is 9.95. The number of anilines is 2. The molecule has 0 fully saturated rings. The molecule has 8 heteroatoms. The van der Waals surface area contributed by atoms with Crippen LogP contribution in [-0.2, 0) is 0 Å². The highest BCUT2D eigenvalue weighted by Gasteiger charge is 2.09. The van der Waals surface area contributed by atoms with Crippen LogP contribution in [0, 0.1) is 9.39 Å². The zero-order chi connectivity index (χ0) is 15.4. The summed E-state index contributed by atoms with van der Waals surface area (Å²) in [4.78, 5) is 26.3. The summed E-state index contributed by atoms with van der Waals surface area (Å²) in [5.41, 5.74) is 0.644. The van der Waals surface area contributed by atoms with E-state index in [0.717, 1.165) is 0 Å². The Balaban J connectivity index is 2.08. The maximum absolute atomic E-state index is 13.0. The van der Waals surface area contributed by atoms with Crippen LogP contribution < -0.4 is 10.6 Å². The summed E-state index contributed by atoms with van der Waals surface area (Å²) < 4.78 is 13.5. The Labute approximate surface area is 132 Å². The van der Waals surface area contributed by atoms with Gasteiger partial charge in [-0.15, -0.1) is 0 Å². The lowest BCUT2D eigenvalue weighted by atomic mass is 10.2. The number of hydrogen-bond acceptors (Lipinski definition) is 3. The molecule has 0 spiro atoms. The van der Waals surface area contributed by atoms with Crippen LogP contribution in [0.5, 0.6) is 0 Å². The molecule has 0 aliphatic heterocycles. The first-order valence-corrected chi connectivity index (χ1v) is 6.75. The molecule has 0 saturated heterocycles. The second-order valence-electron chi connectivity index (χ2n) is 3.97. The van der Waals surface area contributed by atoms with E-state index in [-0.39, 0.29) is 11.3 Å². The molecule has 21 heavy (non-hydrogen) atoms. The summed E-state index contributed by atoms with van der Waals surface area (Å²) in [5.74, 6) is -1.54. The van der Waals surface area contributed by atoms with Crippen molar-refractivity contribution >= 4 is 46.0 Å². The van der Waals surface area contributed by atoms with Gasteiger partial charge in [-0.2, -0.15) is 0 Å². The van der Waals surface area contributed by atoms with Crippen molar-refractivity contribution in [1.29, 1.82) is 0 Å². The molecule has 0 unspecified atom stereocenters. The van der Waals surface area contributed by atoms with Gasteiger partial charge in [-0.1, -0.05) is 0 Å². The molecule has 1 aromatic heterocycles. The van der Waals surface area contributed by atoms with Gasteiger partial charge in [0, 0.05) is 9.77 Å². The van der Waals surface area contributed by atoms with E-state index in [1.54, 1.807) is 0 Å². The number of benzene rings is 1. The molecule has 3 N–H and O–H groups in total. The zero-order valence-electron chi connectivity index (χ0n) is 10.4. The molecule has 108 valence electrons. The number of nitrogens with zero attached hydrogens (tertiary/aromatic N) is 1. The van der Waals surface area contributed by atoms with Gasteiger partial charge in [0.2, 0.25) is 0 Å². The van der Waals surface area contributed by atoms with Crippen molar-refractivity contribution in [3.63, 3.8) is 0 Å². The Kier molecular flexibility index (Phi) is 4.68. The van der Waals surface area contributed by atoms with Crippen molar-refractivity contribution in [3.8, 4) is 0 Å². The molecule has 2 rings (SSSR count). The van der Waals surface area contributed by atoms with Crippen molar-refractivity contribution < 1.29 is 19.1 Å². The van der Waals surface area contributed by atoms with E-state index in [1.807, 2.05) is 22.6 Å². The number of aromatic carboxylic acids is 1. The number of aromatic nitrogens is 1. The Morgan fingerprint density at radius 1 is 1.19 bits per heavy atom. The van der Waals surface area contributed by atoms with Crippen molar-refractivity contribution in [3.05, 3.63) is 51.6 Å². The van der Waals surface area contributed by atoms with Gasteiger partial charge in [0.05, 0.1) is 23.1 Å². The molecular weight excluding hydrogens is 392 g/mol. The minimum absolute atomic E-state index is 0.0378. The molecule has 0 aliphatic rings. The van der Waals surface area contributed by atoms with Crippen LogP contribution in [-0.4, -0.2) is 22.1 Å². The van der Waals surface area contributed by atoms with E-state index in [0.29, 0.717) is 9.26 Å². The smallest absolute Gasteiger partial charge is 0.337 e. The largest absolute Gasteiger partial charge is 0.478 e. The summed E-state index contributed by atoms with van der Waals surface area (Å²) in [6, 6.07) is 4.64. The highest BCUT2D eigenvalue weighted by Crippen LogP contribution is 2.19. The molecule has 0 radical (unpaired) electrons. The standard InChI is InChI=1S/C13H9FIN3O3/c14-8-1-2-11(10(15)4-8)18-13(21)17-9-3-7(12(19)20)5-16-6-9/h1-6H,(H,19,20)(H2,17,18,21). The molecule has 0 aliphatic carbocycles. The second kappa shape index (κ2) is 6.48. The van der Waals surface area contributed by atoms with E-state index in [4.69, 9.17) is 5.11 Å². The average molecular weight is 401 g/mol. The molecular formula is C13H9FIN3O3. The monoisotopic (exact) mass is 401 g/mol. The number of urea groups is 1. The molecule has 6 nitrogen and oxygen atoms in total. The molecule has 0 saturated carbocycles. The molecule has 1 heterocycles. The number of carboxylic acid groups (broad SMARTS) is 1. The van der Waals surface area contributed by atoms with E-state index in [1.165, 1.54) is 36.7 Å². The van der Waals surface area contributed by atoms with Gasteiger partial charge in [-0.05, 0) is 46.9 Å². The maximum Gasteiger partial charge on any atom is 0.337 e. The number of carbonyl (C=O) groups is 2. The van der Waals surface area contributed by atoms with Crippen LogP contribution in [0.15, 0.2) is 36.7 Å². The third kappa shape index (κ3) is 4.12. The van der Waals surface area contributed by atoms with Gasteiger partial charge in [-0.25, -0.2) is 14.0 Å². The number of carbonyl (C=O) groups excluding carboxylic acids is 1. The summed E-state index contributed by atoms with van der Waals surface area (Å²) in [5, 5.41) is 13.8. The van der Waals surface area contributed by atoms with Crippen LogP contribution in [0.4, 0.5) is 20.6 Å². The minimum atomic E-state index is -1.14. The summed E-state index contributed by atoms with van der Waals surface area (Å²) >= 11 is 1.89. The van der Waals surface area contributed by atoms with Crippen LogP contribution in [0.3, 0.4) is 0 Å². The van der Waals surface area contributed by atoms with Crippen molar-refractivity contribution in [2.75, 3.05) is 10.6 Å². The third-order valence-electron chi connectivity index (χ3n) is 2.42. The Bertz CT molecular complexity index is 709. The highest BCUT2D eigenvalue weighted by molar-refractivity contribution is 14.1. The minimum Gasteiger partial charge on any atom is -0.478 e. The van der Waals surface area contributed by atoms with Gasteiger partial charge in [0.15, 0.2) is 0 Å². The van der Waals surface area contributed by atoms with Crippen molar-refractivity contribution in [2.24, 2.45) is 0 Å². The predicted molar refractivity (Wildman–Crippen MR) is 83.0 cm³/mol. The van der Waals surface area contributed by atoms with E-state index >= 15 is 0 Å². The van der Waals surface area contributed by atoms with E-state index in [9.17, 15) is 14.0 Å². The number of amides is 2. The van der Waals surface area contributed by atoms with Crippen LogP contribution in [0.25, 0.3) is 0 Å². The molecule has 2 aromatic rings. The number of nitrogens with one attached hydrogen (secondary N) is 2. The van der Waals surface area contributed by atoms with Gasteiger partial charge in [0.1, 0.15) is 5.82 Å². The molecule has 1 aromatic carbocycles. The van der Waals surface area contributed by atoms with Crippen LogP contribution >= 0.6 is 22.6 Å². The fourth-order valence-corrected chi connectivity index (χ4v) is 2.11. The Morgan fingerprint density at radius 3 is 2.62 bits per heavy atom. The number of halogens is 2. The van der Waals surface area contributed by atoms with Gasteiger partial charge in [-0.3, -0.25) is 4.98 Å². The van der Waals surface area contributed by atoms with Gasteiger partial charge in [0.25, 0.3) is 0 Å². The fourth-order valence-electron chi connectivity index (χ4n) is 1.50. The predicted octanol–water partition coefficient (Wildman–Crippen LogP) is 3.17. The first kappa shape index (κ1) is 15.2. The number of pyridine rings is 1. The zero-order valence-corrected chi connectivity index (χ0v) is 12.6. The SMILES string of the molecule is O=C(Nc1cncc(C(=O)O)c1)Nc1ccc(F)cc1I. The van der Waals surface area contributed by atoms with Gasteiger partial charge >= 0.3 is 12.0 Å². The molecule has 0 atom stereocenters. The van der Waals surface area contributed by atoms with E-state index in [2.05, 4.69) is 15.6 Å². The number of hydrogen-bond donors (Lipinski definition) is 3. The summed E-state index contributed by atoms with van der Waals surface area (Å²) in [6.45, 7) is 0.